The van der Waals surface area contributed by atoms with Gasteiger partial charge in [0.05, 0.1) is 11.6 Å². The summed E-state index contributed by atoms with van der Waals surface area (Å²) in [5, 5.41) is 11.0. The fourth-order valence-electron chi connectivity index (χ4n) is 0.665. The summed E-state index contributed by atoms with van der Waals surface area (Å²) in [6, 6.07) is 1.87. The molecule has 0 unspecified atom stereocenters. The number of carbonyl (C=O) groups excluding carboxylic acids is 1. The maximum Gasteiger partial charge on any atom is 0.252 e. The zero-order valence-corrected chi connectivity index (χ0v) is 7.59. The summed E-state index contributed by atoms with van der Waals surface area (Å²) in [5.74, 6) is -0.511. The van der Waals surface area contributed by atoms with Crippen LogP contribution in [0.1, 0.15) is 6.92 Å². The number of hydrogen-bond acceptors (Lipinski definition) is 4. The lowest BCUT2D eigenvalue weighted by molar-refractivity contribution is -0.114. The second-order valence-electron chi connectivity index (χ2n) is 2.38. The number of hydrogen-bond donors (Lipinski definition) is 3. The zero-order chi connectivity index (χ0) is 10.4. The third-order valence-electron chi connectivity index (χ3n) is 1.36. The first-order valence-corrected chi connectivity index (χ1v) is 3.58. The quantitative estimate of drug-likeness (QED) is 0.304. The van der Waals surface area contributed by atoms with E-state index in [0.717, 1.165) is 0 Å². The standard InChI is InChI=1S/C8H12N4O/c1-5(4-9)3-6(8(11)13)7(10)12-2/h3,12H,10H2,1-2H3,(H2,11,13)/b5-3+,7-6+. The summed E-state index contributed by atoms with van der Waals surface area (Å²) >= 11 is 0. The molecule has 0 aliphatic heterocycles. The maximum absolute atomic E-state index is 10.8. The third kappa shape index (κ3) is 3.29. The van der Waals surface area contributed by atoms with E-state index in [-0.39, 0.29) is 11.4 Å². The molecule has 0 aromatic carbocycles. The second kappa shape index (κ2) is 4.83. The van der Waals surface area contributed by atoms with Crippen molar-refractivity contribution in [3.05, 3.63) is 23.0 Å². The Balaban J connectivity index is 5.10. The van der Waals surface area contributed by atoms with E-state index in [0.29, 0.717) is 5.57 Å². The zero-order valence-electron chi connectivity index (χ0n) is 7.59. The lowest BCUT2D eigenvalue weighted by atomic mass is 10.1. The van der Waals surface area contributed by atoms with Crippen molar-refractivity contribution in [3.8, 4) is 6.07 Å². The SMILES string of the molecule is CN/C(N)=C(\C=C(/C)C#N)C(N)=O. The van der Waals surface area contributed by atoms with Gasteiger partial charge in [-0.05, 0) is 13.0 Å². The van der Waals surface area contributed by atoms with E-state index in [1.807, 2.05) is 6.07 Å². The summed E-state index contributed by atoms with van der Waals surface area (Å²) < 4.78 is 0. The van der Waals surface area contributed by atoms with Crippen LogP contribution < -0.4 is 16.8 Å². The minimum absolute atomic E-state index is 0.113. The van der Waals surface area contributed by atoms with E-state index >= 15 is 0 Å². The van der Waals surface area contributed by atoms with Crippen LogP contribution in [0.4, 0.5) is 0 Å². The van der Waals surface area contributed by atoms with E-state index in [1.165, 1.54) is 6.08 Å². The minimum atomic E-state index is -0.665. The van der Waals surface area contributed by atoms with Crippen LogP contribution in [0.15, 0.2) is 23.0 Å². The summed E-state index contributed by atoms with van der Waals surface area (Å²) in [6.45, 7) is 1.56. The van der Waals surface area contributed by atoms with Crippen molar-refractivity contribution >= 4 is 5.91 Å². The highest BCUT2D eigenvalue weighted by molar-refractivity contribution is 5.95. The minimum Gasteiger partial charge on any atom is -0.385 e. The largest absolute Gasteiger partial charge is 0.385 e. The van der Waals surface area contributed by atoms with Gasteiger partial charge in [0.2, 0.25) is 0 Å². The highest BCUT2D eigenvalue weighted by Gasteiger charge is 2.06. The van der Waals surface area contributed by atoms with Gasteiger partial charge in [-0.3, -0.25) is 4.79 Å². The number of nitriles is 1. The van der Waals surface area contributed by atoms with Crippen molar-refractivity contribution in [1.29, 1.82) is 5.26 Å². The van der Waals surface area contributed by atoms with Crippen molar-refractivity contribution in [3.63, 3.8) is 0 Å². The maximum atomic E-state index is 10.8. The van der Waals surface area contributed by atoms with Crippen molar-refractivity contribution < 1.29 is 4.79 Å². The van der Waals surface area contributed by atoms with Gasteiger partial charge in [0.15, 0.2) is 0 Å². The average Bonchev–Trinajstić information content (AvgIpc) is 2.11. The van der Waals surface area contributed by atoms with E-state index in [9.17, 15) is 4.79 Å². The van der Waals surface area contributed by atoms with Gasteiger partial charge in [-0.25, -0.2) is 0 Å². The number of rotatable bonds is 3. The molecule has 0 spiro atoms. The number of amides is 1. The van der Waals surface area contributed by atoms with Gasteiger partial charge in [0, 0.05) is 12.6 Å². The van der Waals surface area contributed by atoms with Crippen LogP contribution in [0.25, 0.3) is 0 Å². The van der Waals surface area contributed by atoms with Gasteiger partial charge in [-0.2, -0.15) is 5.26 Å². The topological polar surface area (TPSA) is 105 Å². The Kier molecular flexibility index (Phi) is 4.10. The van der Waals surface area contributed by atoms with E-state index in [4.69, 9.17) is 16.7 Å². The molecule has 5 N–H and O–H groups in total. The normalized spacial score (nSPS) is 12.8. The Hall–Kier alpha value is -1.96. The number of allylic oxidation sites excluding steroid dienone is 1. The molecule has 0 rings (SSSR count). The van der Waals surface area contributed by atoms with Crippen LogP contribution in [-0.2, 0) is 4.79 Å². The monoisotopic (exact) mass is 180 g/mol. The van der Waals surface area contributed by atoms with Crippen molar-refractivity contribution in [2.75, 3.05) is 7.05 Å². The summed E-state index contributed by atoms with van der Waals surface area (Å²) in [7, 11) is 1.56. The predicted octanol–water partition coefficient (Wildman–Crippen LogP) is -0.669. The first-order chi connectivity index (χ1) is 6.02. The van der Waals surface area contributed by atoms with Gasteiger partial charge in [-0.1, -0.05) is 0 Å². The molecule has 1 amide bonds. The molecule has 0 aliphatic carbocycles. The van der Waals surface area contributed by atoms with Crippen molar-refractivity contribution in [2.24, 2.45) is 11.5 Å². The van der Waals surface area contributed by atoms with E-state index < -0.39 is 5.91 Å². The molecule has 70 valence electrons. The molecule has 0 radical (unpaired) electrons. The Morgan fingerprint density at radius 2 is 2.08 bits per heavy atom. The Morgan fingerprint density at radius 1 is 1.54 bits per heavy atom. The molecule has 0 atom stereocenters. The average molecular weight is 180 g/mol. The summed E-state index contributed by atoms with van der Waals surface area (Å²) in [4.78, 5) is 10.8. The number of primary amides is 1. The molecule has 0 saturated heterocycles. The number of nitrogens with zero attached hydrogens (tertiary/aromatic N) is 1. The lowest BCUT2D eigenvalue weighted by Gasteiger charge is -2.03. The molecule has 5 nitrogen and oxygen atoms in total. The van der Waals surface area contributed by atoms with Crippen LogP contribution in [0.5, 0.6) is 0 Å². The van der Waals surface area contributed by atoms with Gasteiger partial charge >= 0.3 is 0 Å². The molecular weight excluding hydrogens is 168 g/mol. The van der Waals surface area contributed by atoms with Crippen LogP contribution in [-0.4, -0.2) is 13.0 Å². The van der Waals surface area contributed by atoms with E-state index in [1.54, 1.807) is 14.0 Å². The van der Waals surface area contributed by atoms with Gasteiger partial charge < -0.3 is 16.8 Å². The van der Waals surface area contributed by atoms with Crippen molar-refractivity contribution in [2.45, 2.75) is 6.92 Å². The van der Waals surface area contributed by atoms with Crippen molar-refractivity contribution in [1.82, 2.24) is 5.32 Å². The molecule has 0 fully saturated rings. The molecule has 0 aromatic heterocycles. The predicted molar refractivity (Wildman–Crippen MR) is 48.8 cm³/mol. The van der Waals surface area contributed by atoms with E-state index in [2.05, 4.69) is 5.32 Å². The Bertz CT molecular complexity index is 309. The molecule has 5 heteroatoms. The van der Waals surface area contributed by atoms with Gasteiger partial charge in [-0.15, -0.1) is 0 Å². The van der Waals surface area contributed by atoms with Crippen LogP contribution in [0, 0.1) is 11.3 Å². The smallest absolute Gasteiger partial charge is 0.252 e. The molecule has 0 saturated carbocycles. The van der Waals surface area contributed by atoms with Crippen LogP contribution in [0.3, 0.4) is 0 Å². The highest BCUT2D eigenvalue weighted by Crippen LogP contribution is 2.02. The lowest BCUT2D eigenvalue weighted by Crippen LogP contribution is -2.24. The first kappa shape index (κ1) is 11.0. The third-order valence-corrected chi connectivity index (χ3v) is 1.36. The molecule has 0 bridgehead atoms. The first-order valence-electron chi connectivity index (χ1n) is 3.58. The van der Waals surface area contributed by atoms with Crippen LogP contribution in [0.2, 0.25) is 0 Å². The molecular formula is C8H12N4O. The molecule has 13 heavy (non-hydrogen) atoms. The second-order valence-corrected chi connectivity index (χ2v) is 2.38. The summed E-state index contributed by atoms with van der Waals surface area (Å²) in [5.41, 5.74) is 11.0. The Morgan fingerprint density at radius 3 is 2.38 bits per heavy atom. The fraction of sp³-hybridized carbons (Fsp3) is 0.250. The number of nitrogens with one attached hydrogen (secondary N) is 1. The highest BCUT2D eigenvalue weighted by atomic mass is 16.1. The number of nitrogens with two attached hydrogens (primary N) is 2. The molecule has 0 heterocycles. The fourth-order valence-corrected chi connectivity index (χ4v) is 0.665. The molecule has 0 aromatic rings. The summed E-state index contributed by atoms with van der Waals surface area (Å²) in [6.07, 6.45) is 1.34. The van der Waals surface area contributed by atoms with Crippen LogP contribution >= 0.6 is 0 Å². The van der Waals surface area contributed by atoms with Gasteiger partial charge in [0.1, 0.15) is 5.82 Å². The Labute approximate surface area is 76.7 Å². The molecule has 0 aliphatic rings. The van der Waals surface area contributed by atoms with Gasteiger partial charge in [0.25, 0.3) is 5.91 Å². The number of carbonyl (C=O) groups is 1.